The van der Waals surface area contributed by atoms with Gasteiger partial charge in [0.05, 0.1) is 0 Å². The summed E-state index contributed by atoms with van der Waals surface area (Å²) in [7, 11) is 0. The van der Waals surface area contributed by atoms with Gasteiger partial charge < -0.3 is 0 Å². The Labute approximate surface area is 440 Å². The molecule has 380 valence electrons. The summed E-state index contributed by atoms with van der Waals surface area (Å²) in [5.41, 5.74) is 16.1. The summed E-state index contributed by atoms with van der Waals surface area (Å²) in [6, 6.07) is 32.5. The molecule has 0 radical (unpaired) electrons. The van der Waals surface area contributed by atoms with Crippen LogP contribution < -0.4 is 0 Å². The average Bonchev–Trinajstić information content (AvgIpc) is 3.87. The van der Waals surface area contributed by atoms with Crippen LogP contribution in [0.25, 0.3) is 34.4 Å². The van der Waals surface area contributed by atoms with Crippen molar-refractivity contribution in [1.29, 1.82) is 0 Å². The van der Waals surface area contributed by atoms with Gasteiger partial charge in [0, 0.05) is 0 Å². The third kappa shape index (κ3) is 9.30. The summed E-state index contributed by atoms with van der Waals surface area (Å²) >= 11 is -4.97. The van der Waals surface area contributed by atoms with E-state index >= 15 is 13.2 Å². The first-order valence-electron chi connectivity index (χ1n) is 27.7. The molecule has 8 fully saturated rings. The van der Waals surface area contributed by atoms with Crippen molar-refractivity contribution in [2.75, 3.05) is 0 Å². The molecule has 10 aliphatic carbocycles. The predicted octanol–water partition coefficient (Wildman–Crippen LogP) is 18.6. The molecule has 0 aromatic heterocycles. The van der Waals surface area contributed by atoms with Crippen molar-refractivity contribution in [3.63, 3.8) is 0 Å². The van der Waals surface area contributed by atoms with Crippen LogP contribution in [-0.2, 0) is 28.2 Å². The van der Waals surface area contributed by atoms with Gasteiger partial charge in [-0.3, -0.25) is 0 Å². The van der Waals surface area contributed by atoms with Gasteiger partial charge in [-0.05, 0) is 0 Å². The number of halogens is 5. The fourth-order valence-corrected chi connectivity index (χ4v) is 42.1. The molecular weight excluding hydrogens is 1020 g/mol. The Balaban J connectivity index is 0.00000291. The zero-order chi connectivity index (χ0) is 48.0. The number of hydrogen-bond donors (Lipinski definition) is 0. The Kier molecular flexibility index (Phi) is 13.7. The standard InChI is InChI=1S/2C30H35.C3H4F3.CH3.2ClH.H2Si.Zr/c2*1-30(2,3)26-9-7-22(8-10-26)27-6-4-5-23-12-21(18-29(23)27)17-28-24-13-19-11-20(15-24)16-25(28)14-19;1-2-3(4,5)6;;;;;/h2*4-10,12,18-20,24-25,28H,11,13-17H2,1-3H3;1-2H2;1H3;2*1H;1H2;. The predicted molar refractivity (Wildman–Crippen MR) is 297 cm³/mol. The molecule has 0 heterocycles. The quantitative estimate of drug-likeness (QED) is 0.139. The van der Waals surface area contributed by atoms with E-state index in [1.165, 1.54) is 131 Å². The molecule has 0 N–H and O–H groups in total. The molecule has 8 saturated carbocycles. The van der Waals surface area contributed by atoms with Crippen LogP contribution in [0, 0.1) is 59.2 Å². The topological polar surface area (TPSA) is 0 Å². The number of hydrogen-bond acceptors (Lipinski definition) is 0. The molecule has 0 spiro atoms. The van der Waals surface area contributed by atoms with Crippen molar-refractivity contribution in [2.24, 2.45) is 59.2 Å². The molecule has 0 nitrogen and oxygen atoms in total. The number of alkyl halides is 3. The molecule has 2 unspecified atom stereocenters. The van der Waals surface area contributed by atoms with Gasteiger partial charge in [0.25, 0.3) is 0 Å². The molecule has 8 bridgehead atoms. The van der Waals surface area contributed by atoms with E-state index in [4.69, 9.17) is 0 Å². The van der Waals surface area contributed by atoms with Crippen molar-refractivity contribution in [2.45, 2.75) is 158 Å². The Hall–Kier alpha value is -2.17. The molecule has 0 aliphatic heterocycles. The second kappa shape index (κ2) is 18.5. The minimum absolute atomic E-state index is 0. The summed E-state index contributed by atoms with van der Waals surface area (Å²) in [4.78, 5) is 0. The van der Waals surface area contributed by atoms with Crippen LogP contribution in [0.2, 0.25) is 8.76 Å². The second-order valence-corrected chi connectivity index (χ2v) is 56.2. The van der Waals surface area contributed by atoms with E-state index in [1.54, 1.807) is 0 Å². The van der Waals surface area contributed by atoms with E-state index in [9.17, 15) is 0 Å². The molecule has 2 atom stereocenters. The number of allylic oxidation sites excluding steroid dienone is 2. The first kappa shape index (κ1) is 52.3. The second-order valence-electron chi connectivity index (χ2n) is 27.8. The first-order chi connectivity index (χ1) is 32.7. The fraction of sp³-hybridized carbons (Fsp3) is 0.562. The zero-order valence-corrected chi connectivity index (χ0v) is 49.2. The summed E-state index contributed by atoms with van der Waals surface area (Å²) in [6.45, 7) is 15.9. The van der Waals surface area contributed by atoms with Gasteiger partial charge in [-0.2, -0.15) is 0 Å². The maximum Gasteiger partial charge on any atom is -0.147 e. The van der Waals surface area contributed by atoms with Crippen molar-refractivity contribution in [1.82, 2.24) is 0 Å². The molecule has 0 amide bonds. The third-order valence-electron chi connectivity index (χ3n) is 21.1. The summed E-state index contributed by atoms with van der Waals surface area (Å²) in [5, 5.41) is 0. The van der Waals surface area contributed by atoms with E-state index in [1.807, 2.05) is 0 Å². The fourth-order valence-electron chi connectivity index (χ4n) is 18.4. The van der Waals surface area contributed by atoms with Gasteiger partial charge >= 0.3 is 419 Å². The van der Waals surface area contributed by atoms with Crippen LogP contribution in [0.1, 0.15) is 166 Å². The van der Waals surface area contributed by atoms with Crippen LogP contribution in [-0.4, -0.2) is 13.1 Å². The van der Waals surface area contributed by atoms with Crippen molar-refractivity contribution in [3.05, 3.63) is 129 Å². The van der Waals surface area contributed by atoms with Gasteiger partial charge in [0.2, 0.25) is 0 Å². The normalized spacial score (nSPS) is 31.4. The molecule has 4 aromatic rings. The SMILES string of the molecule is CC(C)(C)c1ccc(-c2cccc3c2C=C(CC2C4CC5CC(C4)CC2C5)[CH]3[Zr]([CH3])(=[SiH2])([CH2]CC(F)(F)F)[CH]2C(CC3C4CC5CC(C4)CC3C5)=Cc3c(-c4ccc(C(C)(C)C)cc4)cccc32)cc1.Cl.Cl. The van der Waals surface area contributed by atoms with Gasteiger partial charge in [-0.1, -0.05) is 0 Å². The van der Waals surface area contributed by atoms with Crippen LogP contribution in [0.5, 0.6) is 0 Å². The van der Waals surface area contributed by atoms with Gasteiger partial charge in [0.15, 0.2) is 0 Å². The monoisotopic (exact) mass is 1090 g/mol. The minimum Gasteiger partial charge on any atom is -0.147 e. The molecule has 0 saturated heterocycles. The van der Waals surface area contributed by atoms with Crippen LogP contribution in [0.15, 0.2) is 96.1 Å². The Morgan fingerprint density at radius 1 is 0.493 bits per heavy atom. The van der Waals surface area contributed by atoms with E-state index in [2.05, 4.69) is 150 Å². The smallest absolute Gasteiger partial charge is 0.147 e. The number of rotatable bonds is 10. The summed E-state index contributed by atoms with van der Waals surface area (Å²) < 4.78 is 49.4. The maximum atomic E-state index is 15.5. The van der Waals surface area contributed by atoms with Crippen molar-refractivity contribution >= 4 is 43.8 Å². The van der Waals surface area contributed by atoms with Crippen molar-refractivity contribution in [3.8, 4) is 22.3 Å². The molecule has 4 aromatic carbocycles. The largest absolute Gasteiger partial charge is 0.147 e. The van der Waals surface area contributed by atoms with Crippen molar-refractivity contribution < 1.29 is 30.6 Å². The Bertz CT molecular complexity index is 2570. The van der Waals surface area contributed by atoms with E-state index in [0.29, 0.717) is 16.0 Å². The summed E-state index contributed by atoms with van der Waals surface area (Å²) in [6.07, 6.45) is 16.2. The van der Waals surface area contributed by atoms with Gasteiger partial charge in [-0.15, -0.1) is 24.8 Å². The minimum atomic E-state index is -4.97. The van der Waals surface area contributed by atoms with E-state index < -0.39 is 30.0 Å². The van der Waals surface area contributed by atoms with E-state index in [-0.39, 0.29) is 42.9 Å². The van der Waals surface area contributed by atoms with E-state index in [0.717, 1.165) is 60.2 Å². The third-order valence-corrected chi connectivity index (χ3v) is 44.0. The maximum absolute atomic E-state index is 15.5. The molecule has 71 heavy (non-hydrogen) atoms. The Morgan fingerprint density at radius 2 is 0.831 bits per heavy atom. The van der Waals surface area contributed by atoms with Crippen LogP contribution in [0.4, 0.5) is 13.2 Å². The number of fused-ring (bicyclic) bond motifs is 2. The molecule has 7 heteroatoms. The molecular formula is C64H81Cl2F3SiZr. The molecule has 10 aliphatic rings. The van der Waals surface area contributed by atoms with Gasteiger partial charge in [-0.25, -0.2) is 0 Å². The van der Waals surface area contributed by atoms with Crippen LogP contribution in [0.3, 0.4) is 0 Å². The van der Waals surface area contributed by atoms with Crippen LogP contribution >= 0.6 is 24.8 Å². The number of benzene rings is 4. The first-order valence-corrected chi connectivity index (χ1v) is 40.6. The average molecular weight is 1100 g/mol. The zero-order valence-electron chi connectivity index (χ0n) is 43.7. The summed E-state index contributed by atoms with van der Waals surface area (Å²) in [5.74, 6) is 7.87. The molecule has 14 rings (SSSR count). The Morgan fingerprint density at radius 3 is 1.14 bits per heavy atom. The van der Waals surface area contributed by atoms with Gasteiger partial charge in [0.1, 0.15) is 0 Å².